The second-order valence-electron chi connectivity index (χ2n) is 11.5. The summed E-state index contributed by atoms with van der Waals surface area (Å²) in [4.78, 5) is 44.2. The summed E-state index contributed by atoms with van der Waals surface area (Å²) >= 11 is 0. The minimum absolute atomic E-state index is 0.193. The number of rotatable bonds is 11. The maximum Gasteiger partial charge on any atom is 0.338 e. The summed E-state index contributed by atoms with van der Waals surface area (Å²) in [6, 6.07) is 33.7. The van der Waals surface area contributed by atoms with Crippen molar-refractivity contribution in [3.8, 4) is 11.5 Å². The molecule has 12 heteroatoms. The highest BCUT2D eigenvalue weighted by atomic mass is 16.6. The van der Waals surface area contributed by atoms with Crippen LogP contribution in [0.25, 0.3) is 21.2 Å². The molecule has 1 saturated heterocycles. The predicted octanol–water partition coefficient (Wildman–Crippen LogP) is 7.28. The molecular formula is C39H33N3O9. The Morgan fingerprint density at radius 3 is 1.61 bits per heavy atom. The number of carbonyl (C=O) groups excluding carboxylic acids is 3. The maximum absolute atomic E-state index is 13.8. The number of fused-ring (bicyclic) bond motifs is 1. The normalized spacial score (nSPS) is 19.6. The summed E-state index contributed by atoms with van der Waals surface area (Å²) < 4.78 is 36.8. The minimum Gasteiger partial charge on any atom is -0.496 e. The fraction of sp³-hybridized carbons (Fsp3) is 0.205. The molecule has 6 rings (SSSR count). The smallest absolute Gasteiger partial charge is 0.338 e. The largest absolute Gasteiger partial charge is 0.496 e. The van der Waals surface area contributed by atoms with Crippen molar-refractivity contribution in [2.45, 2.75) is 30.5 Å². The third-order valence-electron chi connectivity index (χ3n) is 8.43. The molecule has 12 nitrogen and oxygen atoms in total. The van der Waals surface area contributed by atoms with Crippen molar-refractivity contribution in [1.29, 1.82) is 0 Å². The van der Waals surface area contributed by atoms with Gasteiger partial charge in [0.25, 0.3) is 0 Å². The molecule has 0 N–H and O–H groups in total. The van der Waals surface area contributed by atoms with Gasteiger partial charge in [-0.15, -0.1) is 0 Å². The summed E-state index contributed by atoms with van der Waals surface area (Å²) in [5, 5.41) is 5.14. The van der Waals surface area contributed by atoms with E-state index in [4.69, 9.17) is 28.4 Å². The second kappa shape index (κ2) is 15.9. The Bertz CT molecular complexity index is 2050. The topological polar surface area (TPSA) is 155 Å². The first-order valence-electron chi connectivity index (χ1n) is 16.0. The highest BCUT2D eigenvalue weighted by Gasteiger charge is 2.53. The van der Waals surface area contributed by atoms with Gasteiger partial charge in [-0.05, 0) is 48.0 Å². The minimum atomic E-state index is -1.49. The number of ether oxygens (including phenoxy) is 6. The summed E-state index contributed by atoms with van der Waals surface area (Å²) in [6.07, 6.45) is -6.78. The summed E-state index contributed by atoms with van der Waals surface area (Å²) in [7, 11) is 3.00. The lowest BCUT2D eigenvalue weighted by atomic mass is 9.88. The molecule has 0 radical (unpaired) electrons. The molecular weight excluding hydrogens is 654 g/mol. The van der Waals surface area contributed by atoms with Crippen molar-refractivity contribution in [2.75, 3.05) is 20.8 Å². The molecule has 5 atom stereocenters. The van der Waals surface area contributed by atoms with Crippen molar-refractivity contribution in [3.63, 3.8) is 0 Å². The van der Waals surface area contributed by atoms with Crippen LogP contribution in [-0.4, -0.2) is 63.1 Å². The third kappa shape index (κ3) is 7.47. The standard InChI is InChI=1S/C39H33N3O9/c1-46-30-22-29(32(47-2)28-21-13-12-20-27(28)30)33-35(50-38(44)25-16-8-4-9-17-25)36(51-39(45)26-18-10-5-11-19-26)34(31(48-33)23-41-42-40)49-37(43)24-14-6-3-7-15-24/h3-22,31,33-36H,23H2,1-2H3/t31-,33+,34-,35+,36+/m1/s1. The van der Waals surface area contributed by atoms with E-state index in [1.54, 1.807) is 97.1 Å². The molecule has 1 aliphatic heterocycles. The Morgan fingerprint density at radius 1 is 0.647 bits per heavy atom. The first-order valence-corrected chi connectivity index (χ1v) is 16.0. The van der Waals surface area contributed by atoms with Crippen LogP contribution in [0.2, 0.25) is 0 Å². The van der Waals surface area contributed by atoms with Crippen LogP contribution in [0, 0.1) is 0 Å². The number of benzene rings is 5. The van der Waals surface area contributed by atoms with Gasteiger partial charge in [0.1, 0.15) is 23.7 Å². The molecule has 0 unspecified atom stereocenters. The zero-order valence-electron chi connectivity index (χ0n) is 27.7. The van der Waals surface area contributed by atoms with Crippen molar-refractivity contribution in [2.24, 2.45) is 5.11 Å². The van der Waals surface area contributed by atoms with E-state index in [0.29, 0.717) is 22.4 Å². The molecule has 0 bridgehead atoms. The zero-order chi connectivity index (χ0) is 35.7. The van der Waals surface area contributed by atoms with Crippen LogP contribution >= 0.6 is 0 Å². The van der Waals surface area contributed by atoms with E-state index in [0.717, 1.165) is 5.39 Å². The molecule has 5 aromatic rings. The fourth-order valence-corrected chi connectivity index (χ4v) is 6.08. The highest BCUT2D eigenvalue weighted by molar-refractivity contribution is 5.95. The van der Waals surface area contributed by atoms with E-state index in [2.05, 4.69) is 10.0 Å². The Balaban J connectivity index is 1.55. The first-order chi connectivity index (χ1) is 24.9. The number of nitrogens with zero attached hydrogens (tertiary/aromatic N) is 3. The molecule has 1 aliphatic rings. The summed E-state index contributed by atoms with van der Waals surface area (Å²) in [5.41, 5.74) is 10.3. The highest BCUT2D eigenvalue weighted by Crippen LogP contribution is 2.46. The van der Waals surface area contributed by atoms with Gasteiger partial charge < -0.3 is 28.4 Å². The van der Waals surface area contributed by atoms with Gasteiger partial charge in [0.2, 0.25) is 0 Å². The number of carbonyl (C=O) groups is 3. The molecule has 0 spiro atoms. The van der Waals surface area contributed by atoms with Crippen molar-refractivity contribution in [1.82, 2.24) is 0 Å². The van der Waals surface area contributed by atoms with E-state index >= 15 is 0 Å². The van der Waals surface area contributed by atoms with Gasteiger partial charge in [0.05, 0.1) is 37.5 Å². The van der Waals surface area contributed by atoms with Gasteiger partial charge in [-0.1, -0.05) is 84.0 Å². The van der Waals surface area contributed by atoms with E-state index in [1.807, 2.05) is 24.3 Å². The third-order valence-corrected chi connectivity index (χ3v) is 8.43. The van der Waals surface area contributed by atoms with E-state index in [9.17, 15) is 19.9 Å². The molecule has 1 fully saturated rings. The number of esters is 3. The number of hydrogen-bond donors (Lipinski definition) is 0. The lowest BCUT2D eigenvalue weighted by molar-refractivity contribution is -0.222. The number of hydrogen-bond acceptors (Lipinski definition) is 10. The first kappa shape index (κ1) is 34.5. The van der Waals surface area contributed by atoms with Gasteiger partial charge in [-0.2, -0.15) is 0 Å². The SMILES string of the molecule is COc1cc([C@@H]2O[C@H](CN=[N+]=[N-])[C@@H](OC(=O)c3ccccc3)[C@H](OC(=O)c3ccccc3)[C@H]2OC(=O)c2ccccc2)c(OC)c2ccccc12. The van der Waals surface area contributed by atoms with Gasteiger partial charge in [0, 0.05) is 21.2 Å². The van der Waals surface area contributed by atoms with E-state index < -0.39 is 48.4 Å². The molecule has 1 heterocycles. The fourth-order valence-electron chi connectivity index (χ4n) is 6.08. The Hall–Kier alpha value is -6.36. The van der Waals surface area contributed by atoms with Crippen LogP contribution in [0.5, 0.6) is 11.5 Å². The Labute approximate surface area is 293 Å². The molecule has 0 aromatic heterocycles. The number of azide groups is 1. The van der Waals surface area contributed by atoms with E-state index in [1.165, 1.54) is 14.2 Å². The van der Waals surface area contributed by atoms with Crippen molar-refractivity contribution in [3.05, 3.63) is 154 Å². The summed E-state index contributed by atoms with van der Waals surface area (Å²) in [6.45, 7) is -0.342. The Kier molecular flexibility index (Phi) is 10.8. The zero-order valence-corrected chi connectivity index (χ0v) is 27.7. The molecule has 0 aliphatic carbocycles. The van der Waals surface area contributed by atoms with Gasteiger partial charge >= 0.3 is 17.9 Å². The lowest BCUT2D eigenvalue weighted by Crippen LogP contribution is -2.59. The monoisotopic (exact) mass is 687 g/mol. The maximum atomic E-state index is 13.8. The van der Waals surface area contributed by atoms with Crippen LogP contribution in [0.4, 0.5) is 0 Å². The van der Waals surface area contributed by atoms with Gasteiger partial charge in [-0.3, -0.25) is 0 Å². The molecule has 0 saturated carbocycles. The van der Waals surface area contributed by atoms with Crippen LogP contribution < -0.4 is 9.47 Å². The number of methoxy groups -OCH3 is 2. The van der Waals surface area contributed by atoms with Crippen LogP contribution in [-0.2, 0) is 18.9 Å². The van der Waals surface area contributed by atoms with Crippen molar-refractivity contribution >= 4 is 28.7 Å². The molecule has 0 amide bonds. The van der Waals surface area contributed by atoms with E-state index in [-0.39, 0.29) is 23.2 Å². The van der Waals surface area contributed by atoms with Crippen LogP contribution in [0.15, 0.2) is 126 Å². The van der Waals surface area contributed by atoms with Crippen molar-refractivity contribution < 1.29 is 42.8 Å². The van der Waals surface area contributed by atoms with Gasteiger partial charge in [0.15, 0.2) is 18.3 Å². The lowest BCUT2D eigenvalue weighted by Gasteiger charge is -2.45. The quantitative estimate of drug-likeness (QED) is 0.0458. The molecule has 51 heavy (non-hydrogen) atoms. The Morgan fingerprint density at radius 2 is 1.12 bits per heavy atom. The molecule has 258 valence electrons. The predicted molar refractivity (Wildman–Crippen MR) is 186 cm³/mol. The average molecular weight is 688 g/mol. The summed E-state index contributed by atoms with van der Waals surface area (Å²) in [5.74, 6) is -1.49. The second-order valence-corrected chi connectivity index (χ2v) is 11.5. The van der Waals surface area contributed by atoms with Gasteiger partial charge in [-0.25, -0.2) is 14.4 Å². The van der Waals surface area contributed by atoms with Crippen LogP contribution in [0.1, 0.15) is 42.7 Å². The average Bonchev–Trinajstić information content (AvgIpc) is 3.18. The van der Waals surface area contributed by atoms with Crippen LogP contribution in [0.3, 0.4) is 0 Å². The molecule has 5 aromatic carbocycles.